The molecular formula is C60H41NO. The molecule has 0 radical (unpaired) electrons. The third kappa shape index (κ3) is 4.69. The van der Waals surface area contributed by atoms with E-state index in [1.807, 2.05) is 0 Å². The predicted molar refractivity (Wildman–Crippen MR) is 258 cm³/mol. The van der Waals surface area contributed by atoms with Gasteiger partial charge in [0, 0.05) is 38.5 Å². The monoisotopic (exact) mass is 791 g/mol. The highest BCUT2D eigenvalue weighted by Crippen LogP contribution is 2.60. The zero-order valence-electron chi connectivity index (χ0n) is 34.6. The second-order valence-corrected chi connectivity index (χ2v) is 17.6. The minimum absolute atomic E-state index is 0.159. The molecule has 2 aliphatic carbocycles. The van der Waals surface area contributed by atoms with E-state index in [1.54, 1.807) is 0 Å². The molecule has 13 rings (SSSR count). The maximum absolute atomic E-state index is 6.98. The van der Waals surface area contributed by atoms with Crippen molar-refractivity contribution in [2.24, 2.45) is 0 Å². The number of hydrogen-bond acceptors (Lipinski definition) is 2. The van der Waals surface area contributed by atoms with E-state index < -0.39 is 5.41 Å². The Morgan fingerprint density at radius 2 is 0.984 bits per heavy atom. The SMILES string of the molecule is CC1(C)c2ccccc2-c2ccc(N(c3ccc4c(c3)-c3c(ccc5c3oc3ccccc35)C4(c3ccccc3)c3ccccc3)c3cc4ccccc4c4ccccc34)cc21. The lowest BCUT2D eigenvalue weighted by molar-refractivity contribution is 0.660. The molecule has 1 aromatic heterocycles. The zero-order chi connectivity index (χ0) is 41.2. The minimum Gasteiger partial charge on any atom is -0.455 e. The summed E-state index contributed by atoms with van der Waals surface area (Å²) in [5.41, 5.74) is 17.1. The van der Waals surface area contributed by atoms with Crippen LogP contribution in [-0.4, -0.2) is 0 Å². The van der Waals surface area contributed by atoms with Crippen LogP contribution >= 0.6 is 0 Å². The first kappa shape index (κ1) is 35.1. The first-order valence-electron chi connectivity index (χ1n) is 21.7. The molecule has 0 atom stereocenters. The van der Waals surface area contributed by atoms with Gasteiger partial charge in [-0.1, -0.05) is 190 Å². The Bertz CT molecular complexity index is 3570. The summed E-state index contributed by atoms with van der Waals surface area (Å²) < 4.78 is 6.98. The summed E-state index contributed by atoms with van der Waals surface area (Å²) in [6.07, 6.45) is 0. The average molecular weight is 792 g/mol. The Hall–Kier alpha value is -7.68. The first-order chi connectivity index (χ1) is 30.5. The van der Waals surface area contributed by atoms with E-state index in [-0.39, 0.29) is 5.41 Å². The Balaban J connectivity index is 1.14. The zero-order valence-corrected chi connectivity index (χ0v) is 34.6. The lowest BCUT2D eigenvalue weighted by atomic mass is 9.67. The van der Waals surface area contributed by atoms with E-state index >= 15 is 0 Å². The fourth-order valence-electron chi connectivity index (χ4n) is 11.4. The van der Waals surface area contributed by atoms with Crippen LogP contribution in [0.5, 0.6) is 0 Å². The van der Waals surface area contributed by atoms with Gasteiger partial charge in [-0.15, -0.1) is 0 Å². The minimum atomic E-state index is -0.581. The standard InChI is InChI=1S/C60H41NO/c1-59(2)51-27-15-13-24-45(51)46-31-29-42(37-54(46)59)61(55-35-38-17-9-10-22-43(38)44-23-11-12-25-47(44)55)41-30-33-52-50(36-41)57-53(34-32-49-48-26-14-16-28-56(48)62-58(49)57)60(52,39-18-5-3-6-19-39)40-20-7-4-8-21-40/h3-37H,1-2H3. The van der Waals surface area contributed by atoms with E-state index in [0.717, 1.165) is 44.6 Å². The number of furan rings is 1. The van der Waals surface area contributed by atoms with Gasteiger partial charge in [0.2, 0.25) is 0 Å². The lowest BCUT2D eigenvalue weighted by Gasteiger charge is -2.34. The average Bonchev–Trinajstić information content (AvgIpc) is 3.93. The summed E-state index contributed by atoms with van der Waals surface area (Å²) in [6, 6.07) is 78.5. The van der Waals surface area contributed by atoms with Gasteiger partial charge in [0.05, 0.1) is 11.1 Å². The second kappa shape index (κ2) is 12.9. The van der Waals surface area contributed by atoms with E-state index in [4.69, 9.17) is 4.42 Å². The van der Waals surface area contributed by atoms with Crippen molar-refractivity contribution in [1.82, 2.24) is 0 Å². The smallest absolute Gasteiger partial charge is 0.143 e. The van der Waals surface area contributed by atoms with Crippen molar-refractivity contribution in [3.8, 4) is 22.3 Å². The quantitative estimate of drug-likeness (QED) is 0.161. The van der Waals surface area contributed by atoms with Crippen LogP contribution in [0.4, 0.5) is 17.1 Å². The number of nitrogens with zero attached hydrogens (tertiary/aromatic N) is 1. The van der Waals surface area contributed by atoms with Gasteiger partial charge in [0.25, 0.3) is 0 Å². The summed E-state index contributed by atoms with van der Waals surface area (Å²) in [4.78, 5) is 2.51. The summed E-state index contributed by atoms with van der Waals surface area (Å²) >= 11 is 0. The Morgan fingerprint density at radius 3 is 1.77 bits per heavy atom. The summed E-state index contributed by atoms with van der Waals surface area (Å²) in [5, 5.41) is 7.17. The van der Waals surface area contributed by atoms with Gasteiger partial charge in [-0.05, 0) is 103 Å². The Labute approximate surface area is 361 Å². The van der Waals surface area contributed by atoms with Crippen molar-refractivity contribution >= 4 is 60.5 Å². The first-order valence-corrected chi connectivity index (χ1v) is 21.7. The van der Waals surface area contributed by atoms with Crippen LogP contribution in [0.3, 0.4) is 0 Å². The molecule has 0 aliphatic heterocycles. The number of hydrogen-bond donors (Lipinski definition) is 0. The van der Waals surface area contributed by atoms with E-state index in [1.165, 1.54) is 71.6 Å². The van der Waals surface area contributed by atoms with Crippen LogP contribution in [0.2, 0.25) is 0 Å². The van der Waals surface area contributed by atoms with Gasteiger partial charge in [-0.2, -0.15) is 0 Å². The molecule has 1 heterocycles. The molecule has 2 aliphatic rings. The van der Waals surface area contributed by atoms with Crippen LogP contribution in [0, 0.1) is 0 Å². The fourth-order valence-corrected chi connectivity index (χ4v) is 11.4. The molecule has 0 bridgehead atoms. The van der Waals surface area contributed by atoms with Crippen LogP contribution in [-0.2, 0) is 10.8 Å². The lowest BCUT2D eigenvalue weighted by Crippen LogP contribution is -2.28. The number of anilines is 3. The summed E-state index contributed by atoms with van der Waals surface area (Å²) in [5.74, 6) is 0. The van der Waals surface area contributed by atoms with Crippen molar-refractivity contribution < 1.29 is 4.42 Å². The van der Waals surface area contributed by atoms with Gasteiger partial charge in [-0.3, -0.25) is 0 Å². The highest BCUT2D eigenvalue weighted by molar-refractivity contribution is 6.16. The topological polar surface area (TPSA) is 16.4 Å². The molecule has 62 heavy (non-hydrogen) atoms. The van der Waals surface area contributed by atoms with Crippen LogP contribution in [0.1, 0.15) is 47.2 Å². The van der Waals surface area contributed by atoms with E-state index in [2.05, 4.69) is 231 Å². The maximum Gasteiger partial charge on any atom is 0.143 e. The van der Waals surface area contributed by atoms with Gasteiger partial charge in [-0.25, -0.2) is 0 Å². The molecular weight excluding hydrogens is 751 g/mol. The van der Waals surface area contributed by atoms with Crippen molar-refractivity contribution in [1.29, 1.82) is 0 Å². The predicted octanol–water partition coefficient (Wildman–Crippen LogP) is 16.0. The van der Waals surface area contributed by atoms with Gasteiger partial charge in [0.1, 0.15) is 11.2 Å². The maximum atomic E-state index is 6.98. The molecule has 0 amide bonds. The third-order valence-electron chi connectivity index (χ3n) is 14.1. The van der Waals surface area contributed by atoms with E-state index in [9.17, 15) is 0 Å². The normalized spacial score (nSPS) is 14.2. The van der Waals surface area contributed by atoms with Crippen LogP contribution < -0.4 is 4.90 Å². The summed E-state index contributed by atoms with van der Waals surface area (Å²) in [6.45, 7) is 4.74. The molecule has 0 saturated carbocycles. The molecule has 0 saturated heterocycles. The fraction of sp³-hybridized carbons (Fsp3) is 0.0667. The van der Waals surface area contributed by atoms with Crippen LogP contribution in [0.25, 0.3) is 65.7 Å². The van der Waals surface area contributed by atoms with Crippen molar-refractivity contribution in [3.63, 3.8) is 0 Å². The number of para-hydroxylation sites is 1. The number of fused-ring (bicyclic) bond motifs is 13. The molecule has 0 fully saturated rings. The van der Waals surface area contributed by atoms with Gasteiger partial charge < -0.3 is 9.32 Å². The largest absolute Gasteiger partial charge is 0.455 e. The molecule has 2 nitrogen and oxygen atoms in total. The Kier molecular flexibility index (Phi) is 7.31. The highest BCUT2D eigenvalue weighted by atomic mass is 16.3. The summed E-state index contributed by atoms with van der Waals surface area (Å²) in [7, 11) is 0. The molecule has 292 valence electrons. The second-order valence-electron chi connectivity index (χ2n) is 17.6. The number of rotatable bonds is 5. The van der Waals surface area contributed by atoms with E-state index in [0.29, 0.717) is 0 Å². The van der Waals surface area contributed by atoms with Gasteiger partial charge in [0.15, 0.2) is 0 Å². The molecule has 0 N–H and O–H groups in total. The highest BCUT2D eigenvalue weighted by Gasteiger charge is 2.48. The molecule has 10 aromatic carbocycles. The Morgan fingerprint density at radius 1 is 0.387 bits per heavy atom. The molecule has 2 heteroatoms. The van der Waals surface area contributed by atoms with Crippen LogP contribution in [0.15, 0.2) is 217 Å². The van der Waals surface area contributed by atoms with Crippen molar-refractivity contribution in [2.75, 3.05) is 4.90 Å². The third-order valence-corrected chi connectivity index (χ3v) is 14.1. The number of benzene rings is 10. The van der Waals surface area contributed by atoms with Crippen molar-refractivity contribution in [3.05, 3.63) is 246 Å². The van der Waals surface area contributed by atoms with Gasteiger partial charge >= 0.3 is 0 Å². The molecule has 0 unspecified atom stereocenters. The molecule has 0 spiro atoms. The van der Waals surface area contributed by atoms with Crippen molar-refractivity contribution in [2.45, 2.75) is 24.7 Å². The molecule has 11 aromatic rings.